The number of hydrogen-bond acceptors (Lipinski definition) is 2. The van der Waals surface area contributed by atoms with Gasteiger partial charge in [0.25, 0.3) is 0 Å². The summed E-state index contributed by atoms with van der Waals surface area (Å²) in [5.74, 6) is 2.87. The predicted molar refractivity (Wildman–Crippen MR) is 49.3 cm³/mol. The lowest BCUT2D eigenvalue weighted by Crippen LogP contribution is -1.84. The lowest BCUT2D eigenvalue weighted by molar-refractivity contribution is 0.397. The van der Waals surface area contributed by atoms with Crippen molar-refractivity contribution < 1.29 is 9.53 Å². The van der Waals surface area contributed by atoms with Crippen molar-refractivity contribution in [1.29, 1.82) is 0 Å². The Kier molecular flexibility index (Phi) is 1.99. The fourth-order valence-electron chi connectivity index (χ4n) is 1.24. The molecule has 0 radical (unpaired) electrons. The number of rotatable bonds is 1. The highest BCUT2D eigenvalue weighted by molar-refractivity contribution is 5.67. The van der Waals surface area contributed by atoms with E-state index in [0.717, 1.165) is 11.3 Å². The average Bonchev–Trinajstić information content (AvgIpc) is 2.67. The second-order valence-corrected chi connectivity index (χ2v) is 2.77. The first-order valence-electron chi connectivity index (χ1n) is 4.07. The molecule has 0 fully saturated rings. The van der Waals surface area contributed by atoms with E-state index in [1.807, 2.05) is 36.4 Å². The topological polar surface area (TPSA) is 26.3 Å². The summed E-state index contributed by atoms with van der Waals surface area (Å²) in [6, 6.07) is 9.69. The smallest absolute Gasteiger partial charge is 0.191 e. The van der Waals surface area contributed by atoms with Crippen LogP contribution in [0, 0.1) is 0 Å². The van der Waals surface area contributed by atoms with Gasteiger partial charge in [0.2, 0.25) is 0 Å². The summed E-state index contributed by atoms with van der Waals surface area (Å²) in [4.78, 5) is 10.3. The van der Waals surface area contributed by atoms with Gasteiger partial charge in [0.15, 0.2) is 11.7 Å². The van der Waals surface area contributed by atoms with Crippen LogP contribution in [0.4, 0.5) is 0 Å². The number of ether oxygens (including phenoxy) is 1. The fourth-order valence-corrected chi connectivity index (χ4v) is 1.24. The van der Waals surface area contributed by atoms with Gasteiger partial charge < -0.3 is 4.74 Å². The Morgan fingerprint density at radius 3 is 2.62 bits per heavy atom. The molecule has 0 N–H and O–H groups in total. The zero-order valence-corrected chi connectivity index (χ0v) is 6.99. The van der Waals surface area contributed by atoms with Gasteiger partial charge in [0, 0.05) is 12.0 Å². The molecule has 13 heavy (non-hydrogen) atoms. The fraction of sp³-hybridized carbons (Fsp3) is 0.0909. The van der Waals surface area contributed by atoms with E-state index in [-0.39, 0.29) is 0 Å². The second kappa shape index (κ2) is 3.30. The SMILES string of the molecule is O=C=C1CC=C(c2ccccc2)O1. The maximum Gasteiger partial charge on any atom is 0.191 e. The largest absolute Gasteiger partial charge is 0.449 e. The van der Waals surface area contributed by atoms with Gasteiger partial charge in [-0.2, -0.15) is 0 Å². The minimum Gasteiger partial charge on any atom is -0.449 e. The maximum absolute atomic E-state index is 10.3. The van der Waals surface area contributed by atoms with Gasteiger partial charge in [-0.3, -0.25) is 0 Å². The van der Waals surface area contributed by atoms with Crippen LogP contribution in [0.2, 0.25) is 0 Å². The highest BCUT2D eigenvalue weighted by atomic mass is 16.5. The first-order valence-corrected chi connectivity index (χ1v) is 4.07. The maximum atomic E-state index is 10.3. The Hall–Kier alpha value is -1.79. The van der Waals surface area contributed by atoms with Crippen molar-refractivity contribution in [2.45, 2.75) is 6.42 Å². The van der Waals surface area contributed by atoms with Gasteiger partial charge in [0.1, 0.15) is 5.76 Å². The molecule has 0 aliphatic carbocycles. The number of carbonyl (C=O) groups excluding carboxylic acids is 1. The van der Waals surface area contributed by atoms with Crippen molar-refractivity contribution in [1.82, 2.24) is 0 Å². The Balaban J connectivity index is 2.26. The van der Waals surface area contributed by atoms with Crippen LogP contribution in [0.15, 0.2) is 42.2 Å². The molecule has 0 saturated carbocycles. The molecule has 1 heterocycles. The summed E-state index contributed by atoms with van der Waals surface area (Å²) in [6.07, 6.45) is 2.43. The Morgan fingerprint density at radius 1 is 1.23 bits per heavy atom. The lowest BCUT2D eigenvalue weighted by Gasteiger charge is -2.01. The Labute approximate surface area is 76.1 Å². The third-order valence-corrected chi connectivity index (χ3v) is 1.88. The van der Waals surface area contributed by atoms with Crippen LogP contribution < -0.4 is 0 Å². The van der Waals surface area contributed by atoms with Crippen LogP contribution in [0.1, 0.15) is 12.0 Å². The van der Waals surface area contributed by atoms with E-state index in [4.69, 9.17) is 4.74 Å². The number of hydrogen-bond donors (Lipinski definition) is 0. The normalized spacial score (nSPS) is 14.8. The minimum absolute atomic E-state index is 0.360. The molecular weight excluding hydrogens is 164 g/mol. The molecule has 0 aromatic heterocycles. The molecule has 0 saturated heterocycles. The van der Waals surface area contributed by atoms with E-state index in [1.165, 1.54) is 0 Å². The Morgan fingerprint density at radius 2 is 2.00 bits per heavy atom. The van der Waals surface area contributed by atoms with Crippen molar-refractivity contribution in [2.75, 3.05) is 0 Å². The number of allylic oxidation sites excluding steroid dienone is 1. The molecular formula is C11H8O2. The van der Waals surface area contributed by atoms with Crippen molar-refractivity contribution >= 4 is 11.7 Å². The van der Waals surface area contributed by atoms with Crippen LogP contribution >= 0.6 is 0 Å². The van der Waals surface area contributed by atoms with Gasteiger partial charge in [-0.25, -0.2) is 4.79 Å². The van der Waals surface area contributed by atoms with Gasteiger partial charge in [-0.05, 0) is 6.08 Å². The standard InChI is InChI=1S/C11H8O2/c12-8-10-6-7-11(13-10)9-4-2-1-3-5-9/h1-5,7H,6H2. The molecule has 0 amide bonds. The number of benzene rings is 1. The van der Waals surface area contributed by atoms with Crippen LogP contribution in [-0.2, 0) is 9.53 Å². The van der Waals surface area contributed by atoms with Gasteiger partial charge in [-0.1, -0.05) is 30.3 Å². The zero-order chi connectivity index (χ0) is 9.10. The van der Waals surface area contributed by atoms with E-state index >= 15 is 0 Å². The predicted octanol–water partition coefficient (Wildman–Crippen LogP) is 2.16. The van der Waals surface area contributed by atoms with Crippen molar-refractivity contribution in [3.8, 4) is 0 Å². The quantitative estimate of drug-likeness (QED) is 0.607. The molecule has 64 valence electrons. The van der Waals surface area contributed by atoms with Crippen molar-refractivity contribution in [2.24, 2.45) is 0 Å². The molecule has 2 nitrogen and oxygen atoms in total. The average molecular weight is 172 g/mol. The molecule has 1 aromatic carbocycles. The summed E-state index contributed by atoms with van der Waals surface area (Å²) in [5.41, 5.74) is 0.993. The summed E-state index contributed by atoms with van der Waals surface area (Å²) in [7, 11) is 0. The molecule has 1 aromatic rings. The van der Waals surface area contributed by atoms with Crippen LogP contribution in [0.25, 0.3) is 5.76 Å². The molecule has 0 atom stereocenters. The van der Waals surface area contributed by atoms with Gasteiger partial charge >= 0.3 is 0 Å². The highest BCUT2D eigenvalue weighted by Crippen LogP contribution is 2.26. The van der Waals surface area contributed by atoms with Gasteiger partial charge in [-0.15, -0.1) is 0 Å². The van der Waals surface area contributed by atoms with E-state index in [0.29, 0.717) is 12.2 Å². The summed E-state index contributed by atoms with van der Waals surface area (Å²) in [5, 5.41) is 0. The Bertz CT molecular complexity index is 384. The summed E-state index contributed by atoms with van der Waals surface area (Å²) in [6.45, 7) is 0. The third-order valence-electron chi connectivity index (χ3n) is 1.88. The lowest BCUT2D eigenvalue weighted by atomic mass is 10.2. The minimum atomic E-state index is 0.360. The molecule has 2 rings (SSSR count). The summed E-state index contributed by atoms with van der Waals surface area (Å²) >= 11 is 0. The van der Waals surface area contributed by atoms with E-state index in [9.17, 15) is 4.79 Å². The monoisotopic (exact) mass is 172 g/mol. The molecule has 0 bridgehead atoms. The van der Waals surface area contributed by atoms with E-state index in [1.54, 1.807) is 5.94 Å². The zero-order valence-electron chi connectivity index (χ0n) is 6.99. The molecule has 0 spiro atoms. The van der Waals surface area contributed by atoms with Crippen LogP contribution in [-0.4, -0.2) is 5.94 Å². The molecule has 1 aliphatic heterocycles. The molecule has 1 aliphatic rings. The van der Waals surface area contributed by atoms with E-state index < -0.39 is 0 Å². The van der Waals surface area contributed by atoms with Crippen molar-refractivity contribution in [3.63, 3.8) is 0 Å². The molecule has 2 heteroatoms. The first-order chi connectivity index (χ1) is 6.40. The van der Waals surface area contributed by atoms with Gasteiger partial charge in [0.05, 0.1) is 0 Å². The highest BCUT2D eigenvalue weighted by Gasteiger charge is 2.13. The summed E-state index contributed by atoms with van der Waals surface area (Å²) < 4.78 is 5.25. The van der Waals surface area contributed by atoms with Crippen molar-refractivity contribution in [3.05, 3.63) is 47.7 Å². The molecule has 0 unspecified atom stereocenters. The van der Waals surface area contributed by atoms with E-state index in [2.05, 4.69) is 0 Å². The third kappa shape index (κ3) is 1.53. The second-order valence-electron chi connectivity index (χ2n) is 2.77. The first kappa shape index (κ1) is 7.84. The van der Waals surface area contributed by atoms with Crippen LogP contribution in [0.5, 0.6) is 0 Å². The van der Waals surface area contributed by atoms with Crippen LogP contribution in [0.3, 0.4) is 0 Å².